The Hall–Kier alpha value is -1.95. The van der Waals surface area contributed by atoms with Crippen LogP contribution in [0.5, 0.6) is 0 Å². The van der Waals surface area contributed by atoms with Crippen molar-refractivity contribution >= 4 is 40.9 Å². The maximum absolute atomic E-state index is 13.3. The van der Waals surface area contributed by atoms with Crippen LogP contribution in [0.4, 0.5) is 0 Å². The second kappa shape index (κ2) is 14.1. The lowest BCUT2D eigenvalue weighted by Crippen LogP contribution is -2.60. The van der Waals surface area contributed by atoms with E-state index in [0.717, 1.165) is 13.1 Å². The number of ether oxygens (including phenoxy) is 1. The standard InChI is InChI=1S/C24H36Cl2N4O6/c1-15(2)14-24(34,16(3)21(31)29-35)23(33)28-20(13-17-4-5-18(25)19(26)12-17)22(32)27-6-7-30-8-10-36-11-9-30/h4-5,12,15-16,20,34-35H,6-11,13-14H2,1-3H3,(H,27,32)(H,28,33)(H,29,31). The highest BCUT2D eigenvalue weighted by molar-refractivity contribution is 6.42. The highest BCUT2D eigenvalue weighted by Crippen LogP contribution is 2.27. The molecule has 5 N–H and O–H groups in total. The summed E-state index contributed by atoms with van der Waals surface area (Å²) in [5.74, 6) is -3.69. The summed E-state index contributed by atoms with van der Waals surface area (Å²) in [6, 6.07) is 3.82. The van der Waals surface area contributed by atoms with Crippen molar-refractivity contribution in [3.63, 3.8) is 0 Å². The van der Waals surface area contributed by atoms with Gasteiger partial charge < -0.3 is 20.5 Å². The molecule has 1 saturated heterocycles. The summed E-state index contributed by atoms with van der Waals surface area (Å²) >= 11 is 12.1. The Balaban J connectivity index is 2.21. The third-order valence-corrected chi connectivity index (χ3v) is 6.95. The quantitative estimate of drug-likeness (QED) is 0.197. The number of rotatable bonds is 12. The van der Waals surface area contributed by atoms with E-state index < -0.39 is 35.3 Å². The molecule has 3 unspecified atom stereocenters. The number of nitrogens with one attached hydrogen (secondary N) is 3. The van der Waals surface area contributed by atoms with Crippen LogP contribution in [0.1, 0.15) is 32.8 Å². The number of carbonyl (C=O) groups excluding carboxylic acids is 3. The number of hydroxylamine groups is 1. The van der Waals surface area contributed by atoms with Crippen LogP contribution in [0, 0.1) is 11.8 Å². The van der Waals surface area contributed by atoms with Gasteiger partial charge in [-0.05, 0) is 30.0 Å². The summed E-state index contributed by atoms with van der Waals surface area (Å²) in [4.78, 5) is 40.7. The number of halogens is 2. The van der Waals surface area contributed by atoms with Gasteiger partial charge in [0.25, 0.3) is 5.91 Å². The van der Waals surface area contributed by atoms with Gasteiger partial charge in [-0.25, -0.2) is 5.48 Å². The molecule has 0 bridgehead atoms. The number of hydrogen-bond acceptors (Lipinski definition) is 7. The van der Waals surface area contributed by atoms with E-state index in [1.807, 2.05) is 0 Å². The Bertz CT molecular complexity index is 913. The van der Waals surface area contributed by atoms with Gasteiger partial charge in [0.2, 0.25) is 11.8 Å². The lowest BCUT2D eigenvalue weighted by atomic mass is 9.80. The fourth-order valence-electron chi connectivity index (χ4n) is 4.08. The molecule has 3 atom stereocenters. The zero-order valence-corrected chi connectivity index (χ0v) is 22.4. The molecular weight excluding hydrogens is 511 g/mol. The molecule has 3 amide bonds. The van der Waals surface area contributed by atoms with Gasteiger partial charge in [0.05, 0.1) is 29.2 Å². The van der Waals surface area contributed by atoms with Crippen LogP contribution in [-0.2, 0) is 25.5 Å². The molecule has 1 aromatic rings. The Labute approximate surface area is 221 Å². The third-order valence-electron chi connectivity index (χ3n) is 6.21. The van der Waals surface area contributed by atoms with Crippen LogP contribution in [-0.4, -0.2) is 84.0 Å². The van der Waals surface area contributed by atoms with Crippen molar-refractivity contribution in [3.8, 4) is 0 Å². The lowest BCUT2D eigenvalue weighted by Gasteiger charge is -2.34. The molecule has 0 aromatic heterocycles. The van der Waals surface area contributed by atoms with E-state index in [1.165, 1.54) is 12.4 Å². The highest BCUT2D eigenvalue weighted by atomic mass is 35.5. The second-order valence-corrected chi connectivity index (χ2v) is 10.3. The molecule has 1 aliphatic heterocycles. The van der Waals surface area contributed by atoms with Gasteiger partial charge in [-0.2, -0.15) is 0 Å². The number of morpholine rings is 1. The van der Waals surface area contributed by atoms with Crippen molar-refractivity contribution in [2.24, 2.45) is 11.8 Å². The fraction of sp³-hybridized carbons (Fsp3) is 0.625. The first-order valence-electron chi connectivity index (χ1n) is 12.0. The van der Waals surface area contributed by atoms with Crippen molar-refractivity contribution in [1.82, 2.24) is 21.0 Å². The Morgan fingerprint density at radius 3 is 2.36 bits per heavy atom. The van der Waals surface area contributed by atoms with Crippen LogP contribution in [0.25, 0.3) is 0 Å². The number of nitrogens with zero attached hydrogens (tertiary/aromatic N) is 1. The molecule has 1 aliphatic rings. The molecule has 1 heterocycles. The van der Waals surface area contributed by atoms with Gasteiger partial charge >= 0.3 is 0 Å². The van der Waals surface area contributed by atoms with E-state index in [0.29, 0.717) is 41.9 Å². The van der Waals surface area contributed by atoms with E-state index in [4.69, 9.17) is 33.1 Å². The Kier molecular flexibility index (Phi) is 11.9. The summed E-state index contributed by atoms with van der Waals surface area (Å²) in [5, 5.41) is 26.4. The van der Waals surface area contributed by atoms with Crippen LogP contribution >= 0.6 is 23.2 Å². The number of aliphatic hydroxyl groups is 1. The normalized spacial score (nSPS) is 17.7. The van der Waals surface area contributed by atoms with Crippen molar-refractivity contribution < 1.29 is 29.4 Å². The third kappa shape index (κ3) is 8.57. The lowest BCUT2D eigenvalue weighted by molar-refractivity contribution is -0.159. The minimum Gasteiger partial charge on any atom is -0.379 e. The molecule has 0 spiro atoms. The van der Waals surface area contributed by atoms with E-state index in [-0.39, 0.29) is 18.8 Å². The van der Waals surface area contributed by atoms with E-state index in [1.54, 1.807) is 32.0 Å². The van der Waals surface area contributed by atoms with E-state index >= 15 is 0 Å². The Morgan fingerprint density at radius 1 is 1.11 bits per heavy atom. The maximum Gasteiger partial charge on any atom is 0.253 e. The van der Waals surface area contributed by atoms with Gasteiger partial charge in [-0.1, -0.05) is 50.0 Å². The number of benzene rings is 1. The first kappa shape index (κ1) is 30.3. The molecule has 0 radical (unpaired) electrons. The van der Waals surface area contributed by atoms with Gasteiger partial charge in [0.15, 0.2) is 5.60 Å². The van der Waals surface area contributed by atoms with Gasteiger partial charge in [-0.15, -0.1) is 0 Å². The van der Waals surface area contributed by atoms with Gasteiger partial charge in [0.1, 0.15) is 6.04 Å². The molecule has 36 heavy (non-hydrogen) atoms. The van der Waals surface area contributed by atoms with Gasteiger partial charge in [0, 0.05) is 32.6 Å². The first-order chi connectivity index (χ1) is 17.0. The average molecular weight is 547 g/mol. The predicted molar refractivity (Wildman–Crippen MR) is 136 cm³/mol. The van der Waals surface area contributed by atoms with Crippen molar-refractivity contribution in [2.75, 3.05) is 39.4 Å². The minimum atomic E-state index is -2.16. The van der Waals surface area contributed by atoms with Crippen LogP contribution in [0.3, 0.4) is 0 Å². The van der Waals surface area contributed by atoms with Crippen molar-refractivity contribution in [3.05, 3.63) is 33.8 Å². The molecule has 12 heteroatoms. The van der Waals surface area contributed by atoms with E-state index in [9.17, 15) is 19.5 Å². The molecule has 2 rings (SSSR count). The molecule has 0 aliphatic carbocycles. The van der Waals surface area contributed by atoms with Crippen LogP contribution < -0.4 is 16.1 Å². The fourth-order valence-corrected chi connectivity index (χ4v) is 4.40. The maximum atomic E-state index is 13.3. The predicted octanol–water partition coefficient (Wildman–Crippen LogP) is 1.39. The van der Waals surface area contributed by atoms with Crippen molar-refractivity contribution in [1.29, 1.82) is 0 Å². The summed E-state index contributed by atoms with van der Waals surface area (Å²) in [5.41, 5.74) is -0.0307. The first-order valence-corrected chi connectivity index (χ1v) is 12.7. The summed E-state index contributed by atoms with van der Waals surface area (Å²) in [6.45, 7) is 8.69. The summed E-state index contributed by atoms with van der Waals surface area (Å²) in [7, 11) is 0. The number of carbonyl (C=O) groups is 3. The molecule has 1 aromatic carbocycles. The zero-order valence-electron chi connectivity index (χ0n) is 20.9. The van der Waals surface area contributed by atoms with Gasteiger partial charge in [-0.3, -0.25) is 24.5 Å². The van der Waals surface area contributed by atoms with Crippen LogP contribution in [0.15, 0.2) is 18.2 Å². The molecule has 10 nitrogen and oxygen atoms in total. The van der Waals surface area contributed by atoms with Crippen LogP contribution in [0.2, 0.25) is 10.0 Å². The summed E-state index contributed by atoms with van der Waals surface area (Å²) in [6.07, 6.45) is 0.00984. The molecular formula is C24H36Cl2N4O6. The number of hydrogen-bond donors (Lipinski definition) is 5. The number of amides is 3. The summed E-state index contributed by atoms with van der Waals surface area (Å²) < 4.78 is 5.33. The smallest absolute Gasteiger partial charge is 0.253 e. The SMILES string of the molecule is CC(C)CC(O)(C(=O)NC(Cc1ccc(Cl)c(Cl)c1)C(=O)NCCN1CCOCC1)C(C)C(=O)NO. The van der Waals surface area contributed by atoms with E-state index in [2.05, 4.69) is 15.5 Å². The largest absolute Gasteiger partial charge is 0.379 e. The molecule has 0 saturated carbocycles. The molecule has 1 fully saturated rings. The minimum absolute atomic E-state index is 0.0639. The second-order valence-electron chi connectivity index (χ2n) is 9.44. The average Bonchev–Trinajstić information content (AvgIpc) is 2.84. The van der Waals surface area contributed by atoms with Crippen molar-refractivity contribution in [2.45, 2.75) is 45.3 Å². The zero-order chi connectivity index (χ0) is 26.9. The monoisotopic (exact) mass is 546 g/mol. The Morgan fingerprint density at radius 2 is 1.78 bits per heavy atom. The topological polar surface area (TPSA) is 140 Å². The molecule has 202 valence electrons. The highest BCUT2D eigenvalue weighted by Gasteiger charge is 2.46.